The van der Waals surface area contributed by atoms with Crippen molar-refractivity contribution in [2.45, 2.75) is 13.8 Å². The van der Waals surface area contributed by atoms with Gasteiger partial charge in [-0.05, 0) is 43.7 Å². The number of para-hydroxylation sites is 1. The first-order valence-corrected chi connectivity index (χ1v) is 6.67. The number of carbonyl (C=O) groups excluding carboxylic acids is 2. The van der Waals surface area contributed by atoms with E-state index >= 15 is 0 Å². The quantitative estimate of drug-likeness (QED) is 0.638. The maximum Gasteiger partial charge on any atom is 0.343 e. The number of ether oxygens (including phenoxy) is 2. The first-order chi connectivity index (χ1) is 10.1. The van der Waals surface area contributed by atoms with E-state index < -0.39 is 11.9 Å². The fourth-order valence-corrected chi connectivity index (χ4v) is 1.82. The van der Waals surface area contributed by atoms with Gasteiger partial charge in [0.25, 0.3) is 0 Å². The van der Waals surface area contributed by atoms with Crippen LogP contribution >= 0.6 is 0 Å². The molecule has 0 fully saturated rings. The topological polar surface area (TPSA) is 52.6 Å². The Balaban J connectivity index is 2.18. The molecule has 0 spiro atoms. The third-order valence-corrected chi connectivity index (χ3v) is 2.91. The third kappa shape index (κ3) is 3.69. The van der Waals surface area contributed by atoms with Gasteiger partial charge in [0, 0.05) is 0 Å². The summed E-state index contributed by atoms with van der Waals surface area (Å²) in [6, 6.07) is 13.5. The Hall–Kier alpha value is -2.62. The molecular weight excluding hydrogens is 268 g/mol. The summed E-state index contributed by atoms with van der Waals surface area (Å²) in [5.74, 6) is -0.456. The maximum atomic E-state index is 12.1. The van der Waals surface area contributed by atoms with Crippen LogP contribution in [0, 0.1) is 6.92 Å². The SMILES string of the molecule is CCOC(=O)c1cccc(C(=O)Oc2ccccc2C)c1. The number of aryl methyl sites for hydroxylation is 1. The Morgan fingerprint density at radius 1 is 0.952 bits per heavy atom. The molecule has 0 N–H and O–H groups in total. The molecule has 0 radical (unpaired) electrons. The average molecular weight is 284 g/mol. The van der Waals surface area contributed by atoms with Gasteiger partial charge in [0.2, 0.25) is 0 Å². The van der Waals surface area contributed by atoms with Crippen LogP contribution < -0.4 is 4.74 Å². The van der Waals surface area contributed by atoms with E-state index in [1.807, 2.05) is 19.1 Å². The van der Waals surface area contributed by atoms with Crippen molar-refractivity contribution in [1.29, 1.82) is 0 Å². The van der Waals surface area contributed by atoms with Gasteiger partial charge < -0.3 is 9.47 Å². The van der Waals surface area contributed by atoms with E-state index in [0.29, 0.717) is 16.9 Å². The van der Waals surface area contributed by atoms with Crippen molar-refractivity contribution in [2.75, 3.05) is 6.61 Å². The van der Waals surface area contributed by atoms with Gasteiger partial charge in [0.15, 0.2) is 0 Å². The fourth-order valence-electron chi connectivity index (χ4n) is 1.82. The Morgan fingerprint density at radius 2 is 1.62 bits per heavy atom. The second-order valence-electron chi connectivity index (χ2n) is 4.46. The highest BCUT2D eigenvalue weighted by Gasteiger charge is 2.13. The first kappa shape index (κ1) is 14.8. The predicted molar refractivity (Wildman–Crippen MR) is 78.5 cm³/mol. The van der Waals surface area contributed by atoms with Crippen LogP contribution in [-0.4, -0.2) is 18.5 Å². The van der Waals surface area contributed by atoms with Crippen LogP contribution in [0.4, 0.5) is 0 Å². The normalized spacial score (nSPS) is 10.0. The highest BCUT2D eigenvalue weighted by Crippen LogP contribution is 2.18. The van der Waals surface area contributed by atoms with Crippen molar-refractivity contribution >= 4 is 11.9 Å². The lowest BCUT2D eigenvalue weighted by Crippen LogP contribution is -2.11. The summed E-state index contributed by atoms with van der Waals surface area (Å²) in [4.78, 5) is 23.8. The van der Waals surface area contributed by atoms with Crippen molar-refractivity contribution in [3.63, 3.8) is 0 Å². The van der Waals surface area contributed by atoms with Crippen molar-refractivity contribution in [3.8, 4) is 5.75 Å². The van der Waals surface area contributed by atoms with Gasteiger partial charge in [-0.2, -0.15) is 0 Å². The molecular formula is C17H16O4. The van der Waals surface area contributed by atoms with Crippen LogP contribution in [0.25, 0.3) is 0 Å². The van der Waals surface area contributed by atoms with E-state index in [0.717, 1.165) is 5.56 Å². The number of hydrogen-bond donors (Lipinski definition) is 0. The Kier molecular flexibility index (Phi) is 4.72. The fraction of sp³-hybridized carbons (Fsp3) is 0.176. The number of hydrogen-bond acceptors (Lipinski definition) is 4. The zero-order chi connectivity index (χ0) is 15.2. The summed E-state index contributed by atoms with van der Waals surface area (Å²) < 4.78 is 10.2. The summed E-state index contributed by atoms with van der Waals surface area (Å²) in [6.45, 7) is 3.88. The monoisotopic (exact) mass is 284 g/mol. The molecule has 0 saturated heterocycles. The number of esters is 2. The van der Waals surface area contributed by atoms with Crippen LogP contribution in [0.15, 0.2) is 48.5 Å². The van der Waals surface area contributed by atoms with Crippen LogP contribution in [-0.2, 0) is 4.74 Å². The molecule has 0 aliphatic rings. The second kappa shape index (κ2) is 6.70. The first-order valence-electron chi connectivity index (χ1n) is 6.67. The molecule has 0 unspecified atom stereocenters. The minimum atomic E-state index is -0.504. The highest BCUT2D eigenvalue weighted by atomic mass is 16.5. The number of rotatable bonds is 4. The van der Waals surface area contributed by atoms with E-state index in [-0.39, 0.29) is 6.61 Å². The molecule has 0 amide bonds. The lowest BCUT2D eigenvalue weighted by Gasteiger charge is -2.08. The summed E-state index contributed by atoms with van der Waals surface area (Å²) in [5.41, 5.74) is 1.51. The van der Waals surface area contributed by atoms with Crippen molar-refractivity contribution < 1.29 is 19.1 Å². The van der Waals surface area contributed by atoms with E-state index in [9.17, 15) is 9.59 Å². The molecule has 21 heavy (non-hydrogen) atoms. The maximum absolute atomic E-state index is 12.1. The largest absolute Gasteiger partial charge is 0.462 e. The van der Waals surface area contributed by atoms with Gasteiger partial charge in [-0.15, -0.1) is 0 Å². The van der Waals surface area contributed by atoms with Crippen molar-refractivity contribution in [2.24, 2.45) is 0 Å². The van der Waals surface area contributed by atoms with E-state index in [4.69, 9.17) is 9.47 Å². The number of carbonyl (C=O) groups is 2. The minimum Gasteiger partial charge on any atom is -0.462 e. The zero-order valence-electron chi connectivity index (χ0n) is 12.0. The summed E-state index contributed by atoms with van der Waals surface area (Å²) >= 11 is 0. The van der Waals surface area contributed by atoms with Crippen LogP contribution in [0.1, 0.15) is 33.2 Å². The molecule has 0 bridgehead atoms. The molecule has 0 aromatic heterocycles. The zero-order valence-corrected chi connectivity index (χ0v) is 12.0. The van der Waals surface area contributed by atoms with Gasteiger partial charge >= 0.3 is 11.9 Å². The third-order valence-electron chi connectivity index (χ3n) is 2.91. The van der Waals surface area contributed by atoms with Gasteiger partial charge in [0.1, 0.15) is 5.75 Å². The van der Waals surface area contributed by atoms with E-state index in [2.05, 4.69) is 0 Å². The molecule has 0 heterocycles. The lowest BCUT2D eigenvalue weighted by atomic mass is 10.1. The smallest absolute Gasteiger partial charge is 0.343 e. The van der Waals surface area contributed by atoms with Gasteiger partial charge in [-0.25, -0.2) is 9.59 Å². The minimum absolute atomic E-state index is 0.288. The molecule has 0 saturated carbocycles. The van der Waals surface area contributed by atoms with Crippen LogP contribution in [0.5, 0.6) is 5.75 Å². The Bertz CT molecular complexity index is 661. The van der Waals surface area contributed by atoms with Crippen molar-refractivity contribution in [3.05, 3.63) is 65.2 Å². The molecule has 0 aliphatic carbocycles. The van der Waals surface area contributed by atoms with E-state index in [1.54, 1.807) is 37.3 Å². The standard InChI is InChI=1S/C17H16O4/c1-3-20-16(18)13-8-6-9-14(11-13)17(19)21-15-10-5-4-7-12(15)2/h4-11H,3H2,1-2H3. The molecule has 2 aromatic carbocycles. The average Bonchev–Trinajstić information content (AvgIpc) is 2.50. The molecule has 2 rings (SSSR count). The van der Waals surface area contributed by atoms with Gasteiger partial charge in [0.05, 0.1) is 17.7 Å². The van der Waals surface area contributed by atoms with Crippen LogP contribution in [0.3, 0.4) is 0 Å². The molecule has 4 nitrogen and oxygen atoms in total. The number of benzene rings is 2. The summed E-state index contributed by atoms with van der Waals surface area (Å²) in [7, 11) is 0. The molecule has 4 heteroatoms. The second-order valence-corrected chi connectivity index (χ2v) is 4.46. The van der Waals surface area contributed by atoms with Gasteiger partial charge in [-0.3, -0.25) is 0 Å². The van der Waals surface area contributed by atoms with Gasteiger partial charge in [-0.1, -0.05) is 24.3 Å². The summed E-state index contributed by atoms with van der Waals surface area (Å²) in [5, 5.41) is 0. The predicted octanol–water partition coefficient (Wildman–Crippen LogP) is 3.39. The Morgan fingerprint density at radius 3 is 2.29 bits per heavy atom. The molecule has 2 aromatic rings. The van der Waals surface area contributed by atoms with Crippen LogP contribution in [0.2, 0.25) is 0 Å². The highest BCUT2D eigenvalue weighted by molar-refractivity contribution is 5.96. The van der Waals surface area contributed by atoms with E-state index in [1.165, 1.54) is 6.07 Å². The lowest BCUT2D eigenvalue weighted by molar-refractivity contribution is 0.0526. The molecule has 0 aliphatic heterocycles. The van der Waals surface area contributed by atoms with Crippen molar-refractivity contribution in [1.82, 2.24) is 0 Å². The molecule has 108 valence electrons. The molecule has 0 atom stereocenters. The summed E-state index contributed by atoms with van der Waals surface area (Å²) in [6.07, 6.45) is 0. The Labute approximate surface area is 123 Å².